The average molecular weight is 251 g/mol. The number of nitrogens with zero attached hydrogens (tertiary/aromatic N) is 2. The maximum absolute atomic E-state index is 12.2. The van der Waals surface area contributed by atoms with E-state index in [-0.39, 0.29) is 6.03 Å². The van der Waals surface area contributed by atoms with Crippen molar-refractivity contribution in [2.75, 3.05) is 36.5 Å². The van der Waals surface area contributed by atoms with Gasteiger partial charge in [0.1, 0.15) is 0 Å². The lowest BCUT2D eigenvalue weighted by Gasteiger charge is -2.32. The van der Waals surface area contributed by atoms with Gasteiger partial charge in [0.2, 0.25) is 0 Å². The molecule has 1 heterocycles. The summed E-state index contributed by atoms with van der Waals surface area (Å²) in [6, 6.07) is 5.78. The molecule has 1 aliphatic rings. The molecule has 0 aliphatic carbocycles. The van der Waals surface area contributed by atoms with Crippen molar-refractivity contribution >= 4 is 29.2 Å². The van der Waals surface area contributed by atoms with Gasteiger partial charge in [0, 0.05) is 36.5 Å². The molecule has 2 rings (SSSR count). The van der Waals surface area contributed by atoms with Crippen LogP contribution in [-0.2, 0) is 0 Å². The molecule has 4 nitrogen and oxygen atoms in total. The molecule has 0 saturated carbocycles. The molecular weight excluding hydrogens is 234 g/mol. The van der Waals surface area contributed by atoms with Gasteiger partial charge < -0.3 is 10.6 Å². The van der Waals surface area contributed by atoms with Crippen LogP contribution in [0.2, 0.25) is 0 Å². The van der Waals surface area contributed by atoms with E-state index in [2.05, 4.69) is 0 Å². The number of nitrogens with two attached hydrogens (primary N) is 1. The van der Waals surface area contributed by atoms with Crippen LogP contribution in [0.3, 0.4) is 0 Å². The van der Waals surface area contributed by atoms with Crippen LogP contribution in [0.4, 0.5) is 16.2 Å². The molecule has 2 amide bonds. The highest BCUT2D eigenvalue weighted by atomic mass is 32.2. The van der Waals surface area contributed by atoms with Crippen molar-refractivity contribution in [2.45, 2.75) is 11.8 Å². The molecule has 1 aromatic rings. The molecule has 0 spiro atoms. The van der Waals surface area contributed by atoms with Gasteiger partial charge in [0.05, 0.1) is 5.69 Å². The topological polar surface area (TPSA) is 49.6 Å². The van der Waals surface area contributed by atoms with E-state index in [1.54, 1.807) is 16.7 Å². The molecular formula is C12H17N3OS. The number of carbonyl (C=O) groups excluding carboxylic acids is 1. The summed E-state index contributed by atoms with van der Waals surface area (Å²) >= 11 is 1.77. The number of urea groups is 1. The van der Waals surface area contributed by atoms with Crippen molar-refractivity contribution < 1.29 is 4.79 Å². The van der Waals surface area contributed by atoms with Gasteiger partial charge in [-0.2, -0.15) is 0 Å². The Bertz CT molecular complexity index is 436. The molecule has 17 heavy (non-hydrogen) atoms. The number of carbonyl (C=O) groups is 1. The highest BCUT2D eigenvalue weighted by Gasteiger charge is 2.24. The van der Waals surface area contributed by atoms with E-state index >= 15 is 0 Å². The van der Waals surface area contributed by atoms with Crippen molar-refractivity contribution in [1.29, 1.82) is 0 Å². The first kappa shape index (κ1) is 12.1. The second kappa shape index (κ2) is 4.87. The van der Waals surface area contributed by atoms with Gasteiger partial charge in [0.25, 0.3) is 0 Å². The third kappa shape index (κ3) is 2.34. The molecule has 0 bridgehead atoms. The maximum Gasteiger partial charge on any atom is 0.324 e. The van der Waals surface area contributed by atoms with E-state index in [0.717, 1.165) is 22.9 Å². The molecule has 0 fully saturated rings. The second-order valence-electron chi connectivity index (χ2n) is 4.02. The van der Waals surface area contributed by atoms with Crippen molar-refractivity contribution in [3.8, 4) is 0 Å². The van der Waals surface area contributed by atoms with Crippen LogP contribution in [0.1, 0.15) is 6.92 Å². The number of rotatable bonds is 1. The quantitative estimate of drug-likeness (QED) is 0.779. The van der Waals surface area contributed by atoms with E-state index in [1.165, 1.54) is 0 Å². The van der Waals surface area contributed by atoms with E-state index in [4.69, 9.17) is 5.73 Å². The van der Waals surface area contributed by atoms with Crippen molar-refractivity contribution in [1.82, 2.24) is 4.90 Å². The zero-order chi connectivity index (χ0) is 12.4. The van der Waals surface area contributed by atoms with Gasteiger partial charge in [-0.25, -0.2) is 4.79 Å². The Morgan fingerprint density at radius 1 is 1.59 bits per heavy atom. The predicted molar refractivity (Wildman–Crippen MR) is 72.6 cm³/mol. The summed E-state index contributed by atoms with van der Waals surface area (Å²) in [5.41, 5.74) is 7.43. The molecule has 0 aromatic heterocycles. The minimum absolute atomic E-state index is 0.0413. The molecule has 0 saturated heterocycles. The number of thioether (sulfide) groups is 1. The third-order valence-electron chi connectivity index (χ3n) is 2.88. The van der Waals surface area contributed by atoms with Crippen LogP contribution in [0.25, 0.3) is 0 Å². The van der Waals surface area contributed by atoms with Crippen molar-refractivity contribution in [2.24, 2.45) is 0 Å². The van der Waals surface area contributed by atoms with Crippen LogP contribution in [0.15, 0.2) is 23.1 Å². The van der Waals surface area contributed by atoms with Crippen LogP contribution in [0, 0.1) is 0 Å². The van der Waals surface area contributed by atoms with Crippen LogP contribution < -0.4 is 10.6 Å². The SMILES string of the molecule is CCN(C)C(=O)N1CCSc2ccc(N)cc21. The first-order valence-corrected chi connectivity index (χ1v) is 6.67. The fraction of sp³-hybridized carbons (Fsp3) is 0.417. The first-order chi connectivity index (χ1) is 8.13. The van der Waals surface area contributed by atoms with Crippen LogP contribution >= 0.6 is 11.8 Å². The predicted octanol–water partition coefficient (Wildman–Crippen LogP) is 2.25. The van der Waals surface area contributed by atoms with Gasteiger partial charge in [0.15, 0.2) is 0 Å². The molecule has 1 aliphatic heterocycles. The number of benzene rings is 1. The lowest BCUT2D eigenvalue weighted by atomic mass is 10.2. The summed E-state index contributed by atoms with van der Waals surface area (Å²) in [4.78, 5) is 16.9. The Labute approximate surface area is 106 Å². The Hall–Kier alpha value is -1.36. The molecule has 92 valence electrons. The molecule has 2 N–H and O–H groups in total. The number of hydrogen-bond donors (Lipinski definition) is 1. The summed E-state index contributed by atoms with van der Waals surface area (Å²) in [7, 11) is 1.82. The fourth-order valence-electron chi connectivity index (χ4n) is 1.77. The van der Waals surface area contributed by atoms with Gasteiger partial charge in [-0.1, -0.05) is 0 Å². The molecule has 5 heteroatoms. The molecule has 0 radical (unpaired) electrons. The Kier molecular flexibility index (Phi) is 3.47. The highest BCUT2D eigenvalue weighted by Crippen LogP contribution is 2.36. The average Bonchev–Trinajstić information content (AvgIpc) is 2.36. The summed E-state index contributed by atoms with van der Waals surface area (Å²) in [6.07, 6.45) is 0. The summed E-state index contributed by atoms with van der Waals surface area (Å²) in [5, 5.41) is 0. The molecule has 0 atom stereocenters. The zero-order valence-electron chi connectivity index (χ0n) is 10.1. The van der Waals surface area contributed by atoms with Gasteiger partial charge in [-0.3, -0.25) is 4.90 Å². The highest BCUT2D eigenvalue weighted by molar-refractivity contribution is 7.99. The van der Waals surface area contributed by atoms with Gasteiger partial charge in [-0.05, 0) is 25.1 Å². The maximum atomic E-state index is 12.2. The summed E-state index contributed by atoms with van der Waals surface area (Å²) < 4.78 is 0. The normalized spacial score (nSPS) is 14.4. The smallest absolute Gasteiger partial charge is 0.324 e. The minimum atomic E-state index is 0.0413. The molecule has 1 aromatic carbocycles. The number of nitrogen functional groups attached to an aromatic ring is 1. The lowest BCUT2D eigenvalue weighted by molar-refractivity contribution is 0.218. The van der Waals surface area contributed by atoms with E-state index in [1.807, 2.05) is 37.1 Å². The number of amides is 2. The Morgan fingerprint density at radius 2 is 2.35 bits per heavy atom. The minimum Gasteiger partial charge on any atom is -0.399 e. The largest absolute Gasteiger partial charge is 0.399 e. The van der Waals surface area contributed by atoms with Gasteiger partial charge in [-0.15, -0.1) is 11.8 Å². The lowest BCUT2D eigenvalue weighted by Crippen LogP contribution is -2.43. The molecule has 0 unspecified atom stereocenters. The van der Waals surface area contributed by atoms with E-state index in [0.29, 0.717) is 12.2 Å². The fourth-order valence-corrected chi connectivity index (χ4v) is 2.75. The summed E-state index contributed by atoms with van der Waals surface area (Å²) in [6.45, 7) is 3.42. The first-order valence-electron chi connectivity index (χ1n) is 5.68. The van der Waals surface area contributed by atoms with Crippen molar-refractivity contribution in [3.63, 3.8) is 0 Å². The second-order valence-corrected chi connectivity index (χ2v) is 5.16. The number of hydrogen-bond acceptors (Lipinski definition) is 3. The monoisotopic (exact) mass is 251 g/mol. The summed E-state index contributed by atoms with van der Waals surface area (Å²) in [5.74, 6) is 0.931. The Morgan fingerprint density at radius 3 is 3.06 bits per heavy atom. The van der Waals surface area contributed by atoms with Gasteiger partial charge >= 0.3 is 6.03 Å². The van der Waals surface area contributed by atoms with E-state index < -0.39 is 0 Å². The van der Waals surface area contributed by atoms with Crippen LogP contribution in [0.5, 0.6) is 0 Å². The number of anilines is 2. The number of fused-ring (bicyclic) bond motifs is 1. The standard InChI is InChI=1S/C12H17N3OS/c1-3-14(2)12(16)15-6-7-17-11-5-4-9(13)8-10(11)15/h4-5,8H,3,6-7,13H2,1-2H3. The zero-order valence-corrected chi connectivity index (χ0v) is 11.0. The van der Waals surface area contributed by atoms with Crippen LogP contribution in [-0.4, -0.2) is 36.8 Å². The third-order valence-corrected chi connectivity index (χ3v) is 3.92. The Balaban J connectivity index is 2.34. The van der Waals surface area contributed by atoms with Crippen molar-refractivity contribution in [3.05, 3.63) is 18.2 Å². The van der Waals surface area contributed by atoms with E-state index in [9.17, 15) is 4.79 Å².